The summed E-state index contributed by atoms with van der Waals surface area (Å²) in [6.07, 6.45) is 0.506. The van der Waals surface area contributed by atoms with Gasteiger partial charge in [0.15, 0.2) is 0 Å². The van der Waals surface area contributed by atoms with Gasteiger partial charge in [-0.25, -0.2) is 0 Å². The molecule has 0 fully saturated rings. The highest BCUT2D eigenvalue weighted by Gasteiger charge is 2.25. The van der Waals surface area contributed by atoms with Crippen LogP contribution in [-0.2, 0) is 4.79 Å². The quantitative estimate of drug-likeness (QED) is 0.869. The van der Waals surface area contributed by atoms with Gasteiger partial charge >= 0.3 is 5.97 Å². The molecule has 1 rings (SSSR count). The van der Waals surface area contributed by atoms with Gasteiger partial charge in [-0.05, 0) is 31.7 Å². The van der Waals surface area contributed by atoms with Crippen molar-refractivity contribution in [2.45, 2.75) is 41.0 Å². The summed E-state index contributed by atoms with van der Waals surface area (Å²) in [6, 6.07) is 1.66. The third kappa shape index (κ3) is 4.72. The van der Waals surface area contributed by atoms with Crippen molar-refractivity contribution in [3.05, 3.63) is 23.2 Å². The zero-order valence-corrected chi connectivity index (χ0v) is 12.7. The molecule has 2 N–H and O–H groups in total. The van der Waals surface area contributed by atoms with E-state index in [4.69, 9.17) is 4.42 Å². The van der Waals surface area contributed by atoms with Crippen molar-refractivity contribution in [3.63, 3.8) is 0 Å². The number of carboxylic acids is 1. The third-order valence-electron chi connectivity index (χ3n) is 3.00. The Hall–Kier alpha value is -1.78. The molecule has 0 aromatic carbocycles. The number of furan rings is 1. The van der Waals surface area contributed by atoms with Crippen LogP contribution in [-0.4, -0.2) is 23.5 Å². The van der Waals surface area contributed by atoms with Gasteiger partial charge in [-0.1, -0.05) is 20.8 Å². The van der Waals surface area contributed by atoms with Gasteiger partial charge < -0.3 is 14.8 Å². The van der Waals surface area contributed by atoms with E-state index in [1.165, 1.54) is 0 Å². The summed E-state index contributed by atoms with van der Waals surface area (Å²) in [5.74, 6) is -0.563. The molecular formula is C15H23NO4. The molecule has 1 heterocycles. The second kappa shape index (κ2) is 6.11. The highest BCUT2D eigenvalue weighted by molar-refractivity contribution is 5.95. The fourth-order valence-electron chi connectivity index (χ4n) is 2.15. The average molecular weight is 281 g/mol. The predicted molar refractivity (Wildman–Crippen MR) is 75.7 cm³/mol. The Morgan fingerprint density at radius 2 is 1.95 bits per heavy atom. The van der Waals surface area contributed by atoms with Crippen molar-refractivity contribution in [1.82, 2.24) is 5.32 Å². The first-order valence-electron chi connectivity index (χ1n) is 6.68. The van der Waals surface area contributed by atoms with Crippen molar-refractivity contribution >= 4 is 11.9 Å². The normalized spacial score (nSPS) is 13.1. The number of nitrogens with one attached hydrogen (secondary N) is 1. The van der Waals surface area contributed by atoms with Crippen molar-refractivity contribution in [2.75, 3.05) is 6.54 Å². The topological polar surface area (TPSA) is 79.5 Å². The first kappa shape index (κ1) is 16.3. The Balaban J connectivity index is 2.66. The Bertz CT molecular complexity index is 496. The minimum absolute atomic E-state index is 0.101. The minimum Gasteiger partial charge on any atom is -0.481 e. The molecule has 112 valence electrons. The summed E-state index contributed by atoms with van der Waals surface area (Å²) in [5.41, 5.74) is 0.359. The number of carbonyl (C=O) groups is 2. The molecular weight excluding hydrogens is 258 g/mol. The second-order valence-corrected chi connectivity index (χ2v) is 6.34. The molecule has 0 saturated carbocycles. The van der Waals surface area contributed by atoms with E-state index < -0.39 is 11.9 Å². The Kier molecular flexibility index (Phi) is 4.98. The van der Waals surface area contributed by atoms with Crippen LogP contribution < -0.4 is 5.32 Å². The molecule has 0 saturated heterocycles. The second-order valence-electron chi connectivity index (χ2n) is 6.34. The SMILES string of the molecule is Cc1cc(C(=O)NCC(CC(C)(C)C)C(=O)O)c(C)o1. The molecule has 0 bridgehead atoms. The van der Waals surface area contributed by atoms with E-state index in [0.29, 0.717) is 23.5 Å². The van der Waals surface area contributed by atoms with Gasteiger partial charge in [0, 0.05) is 6.54 Å². The molecule has 1 aromatic heterocycles. The fourth-order valence-corrected chi connectivity index (χ4v) is 2.15. The van der Waals surface area contributed by atoms with E-state index in [2.05, 4.69) is 5.32 Å². The largest absolute Gasteiger partial charge is 0.481 e. The minimum atomic E-state index is -0.889. The summed E-state index contributed by atoms with van der Waals surface area (Å²) in [6.45, 7) is 9.54. The van der Waals surface area contributed by atoms with Crippen LogP contribution in [0.15, 0.2) is 10.5 Å². The van der Waals surface area contributed by atoms with E-state index in [1.807, 2.05) is 20.8 Å². The maximum absolute atomic E-state index is 12.0. The molecule has 20 heavy (non-hydrogen) atoms. The van der Waals surface area contributed by atoms with E-state index in [9.17, 15) is 14.7 Å². The van der Waals surface area contributed by atoms with Gasteiger partial charge in [-0.3, -0.25) is 9.59 Å². The fraction of sp³-hybridized carbons (Fsp3) is 0.600. The number of carboxylic acid groups (broad SMARTS) is 1. The van der Waals surface area contributed by atoms with E-state index in [1.54, 1.807) is 19.9 Å². The van der Waals surface area contributed by atoms with Gasteiger partial charge in [0.05, 0.1) is 11.5 Å². The van der Waals surface area contributed by atoms with Gasteiger partial charge in [0.25, 0.3) is 5.91 Å². The van der Waals surface area contributed by atoms with E-state index in [-0.39, 0.29) is 17.9 Å². The number of rotatable bonds is 5. The Morgan fingerprint density at radius 1 is 1.35 bits per heavy atom. The highest BCUT2D eigenvalue weighted by atomic mass is 16.4. The summed E-state index contributed by atoms with van der Waals surface area (Å²) in [5, 5.41) is 11.9. The van der Waals surface area contributed by atoms with Crippen molar-refractivity contribution in [3.8, 4) is 0 Å². The molecule has 0 aliphatic rings. The molecule has 0 aliphatic heterocycles. The lowest BCUT2D eigenvalue weighted by molar-refractivity contribution is -0.142. The molecule has 0 aliphatic carbocycles. The number of hydrogen-bond acceptors (Lipinski definition) is 3. The van der Waals surface area contributed by atoms with E-state index >= 15 is 0 Å². The number of aliphatic carboxylic acids is 1. The van der Waals surface area contributed by atoms with Crippen LogP contribution in [0.4, 0.5) is 0 Å². The van der Waals surface area contributed by atoms with Crippen LogP contribution in [0.1, 0.15) is 49.1 Å². The van der Waals surface area contributed by atoms with Crippen LogP contribution in [0.3, 0.4) is 0 Å². The molecule has 1 amide bonds. The molecule has 1 unspecified atom stereocenters. The summed E-state index contributed by atoms with van der Waals surface area (Å²) < 4.78 is 5.29. The van der Waals surface area contributed by atoms with Crippen LogP contribution in [0, 0.1) is 25.2 Å². The van der Waals surface area contributed by atoms with Crippen LogP contribution in [0.2, 0.25) is 0 Å². The van der Waals surface area contributed by atoms with Gasteiger partial charge in [0.1, 0.15) is 11.5 Å². The first-order chi connectivity index (χ1) is 9.10. The average Bonchev–Trinajstić information content (AvgIpc) is 2.61. The third-order valence-corrected chi connectivity index (χ3v) is 3.00. The molecule has 1 aromatic rings. The van der Waals surface area contributed by atoms with Crippen molar-refractivity contribution in [2.24, 2.45) is 11.3 Å². The lowest BCUT2D eigenvalue weighted by Crippen LogP contribution is -2.35. The Morgan fingerprint density at radius 3 is 2.35 bits per heavy atom. The monoisotopic (exact) mass is 281 g/mol. The zero-order valence-electron chi connectivity index (χ0n) is 12.7. The molecule has 5 nitrogen and oxygen atoms in total. The van der Waals surface area contributed by atoms with Gasteiger partial charge in [0.2, 0.25) is 0 Å². The van der Waals surface area contributed by atoms with E-state index in [0.717, 1.165) is 0 Å². The summed E-state index contributed by atoms with van der Waals surface area (Å²) in [4.78, 5) is 23.2. The maximum atomic E-state index is 12.0. The van der Waals surface area contributed by atoms with Crippen molar-refractivity contribution in [1.29, 1.82) is 0 Å². The number of hydrogen-bond donors (Lipinski definition) is 2. The zero-order chi connectivity index (χ0) is 15.5. The summed E-state index contributed by atoms with van der Waals surface area (Å²) >= 11 is 0. The highest BCUT2D eigenvalue weighted by Crippen LogP contribution is 2.24. The van der Waals surface area contributed by atoms with Crippen LogP contribution in [0.5, 0.6) is 0 Å². The molecule has 1 atom stereocenters. The molecule has 5 heteroatoms. The smallest absolute Gasteiger partial charge is 0.308 e. The number of aryl methyl sites for hydroxylation is 2. The molecule has 0 radical (unpaired) electrons. The predicted octanol–water partition coefficient (Wildman–Crippen LogP) is 2.76. The first-order valence-corrected chi connectivity index (χ1v) is 6.68. The summed E-state index contributed by atoms with van der Waals surface area (Å²) in [7, 11) is 0. The molecule has 0 spiro atoms. The van der Waals surface area contributed by atoms with Crippen LogP contribution in [0.25, 0.3) is 0 Å². The van der Waals surface area contributed by atoms with Gasteiger partial charge in [-0.15, -0.1) is 0 Å². The standard InChI is InChI=1S/C15H23NO4/c1-9-6-12(10(2)20-9)13(17)16-8-11(14(18)19)7-15(3,4)5/h6,11H,7-8H2,1-5H3,(H,16,17)(H,18,19). The maximum Gasteiger partial charge on any atom is 0.308 e. The number of carbonyl (C=O) groups excluding carboxylic acids is 1. The van der Waals surface area contributed by atoms with Crippen LogP contribution >= 0.6 is 0 Å². The Labute approximate surface area is 119 Å². The van der Waals surface area contributed by atoms with Crippen molar-refractivity contribution < 1.29 is 19.1 Å². The number of amides is 1. The van der Waals surface area contributed by atoms with Gasteiger partial charge in [-0.2, -0.15) is 0 Å². The lowest BCUT2D eigenvalue weighted by atomic mass is 9.84. The lowest BCUT2D eigenvalue weighted by Gasteiger charge is -2.23.